The van der Waals surface area contributed by atoms with Gasteiger partial charge in [0.15, 0.2) is 0 Å². The summed E-state index contributed by atoms with van der Waals surface area (Å²) in [6.45, 7) is 4.76. The lowest BCUT2D eigenvalue weighted by Gasteiger charge is -2.28. The van der Waals surface area contributed by atoms with Crippen LogP contribution >= 0.6 is 0 Å². The SMILES string of the molecule is C=CC(=O)N1CCc2ccc(OC3CC4C(C3)C4(F)F)cc2C1. The highest BCUT2D eigenvalue weighted by Gasteiger charge is 2.72. The molecule has 0 N–H and O–H groups in total. The Morgan fingerprint density at radius 3 is 2.74 bits per heavy atom. The number of hydrogen-bond donors (Lipinski definition) is 0. The number of alkyl halides is 2. The van der Waals surface area contributed by atoms with Crippen molar-refractivity contribution in [1.29, 1.82) is 0 Å². The van der Waals surface area contributed by atoms with Gasteiger partial charge >= 0.3 is 0 Å². The number of ether oxygens (including phenoxy) is 1. The summed E-state index contributed by atoms with van der Waals surface area (Å²) in [4.78, 5) is 13.5. The number of carbonyl (C=O) groups is 1. The van der Waals surface area contributed by atoms with Crippen LogP contribution in [0.25, 0.3) is 0 Å². The number of amides is 1. The van der Waals surface area contributed by atoms with Crippen molar-refractivity contribution in [2.75, 3.05) is 6.54 Å². The Labute approximate surface area is 133 Å². The van der Waals surface area contributed by atoms with Crippen LogP contribution in [0, 0.1) is 11.8 Å². The Kier molecular flexibility index (Phi) is 3.22. The third kappa shape index (κ3) is 2.42. The van der Waals surface area contributed by atoms with E-state index in [0.717, 1.165) is 12.0 Å². The van der Waals surface area contributed by atoms with E-state index in [9.17, 15) is 13.6 Å². The number of rotatable bonds is 3. The fraction of sp³-hybridized carbons (Fsp3) is 0.500. The van der Waals surface area contributed by atoms with Crippen molar-refractivity contribution in [1.82, 2.24) is 4.90 Å². The van der Waals surface area contributed by atoms with Crippen LogP contribution in [0.1, 0.15) is 24.0 Å². The molecular formula is C18H19F2NO2. The molecule has 23 heavy (non-hydrogen) atoms. The van der Waals surface area contributed by atoms with Crippen LogP contribution in [-0.4, -0.2) is 29.4 Å². The zero-order valence-electron chi connectivity index (χ0n) is 12.8. The first-order valence-electron chi connectivity index (χ1n) is 8.06. The largest absolute Gasteiger partial charge is 0.490 e. The second-order valence-electron chi connectivity index (χ2n) is 6.74. The molecule has 0 spiro atoms. The molecule has 2 fully saturated rings. The van der Waals surface area contributed by atoms with Crippen molar-refractivity contribution in [3.05, 3.63) is 42.0 Å². The number of carbonyl (C=O) groups excluding carboxylic acids is 1. The average molecular weight is 319 g/mol. The third-order valence-corrected chi connectivity index (χ3v) is 5.38. The summed E-state index contributed by atoms with van der Waals surface area (Å²) in [6.07, 6.45) is 2.91. The zero-order valence-corrected chi connectivity index (χ0v) is 12.8. The Morgan fingerprint density at radius 2 is 2.04 bits per heavy atom. The average Bonchev–Trinajstić information content (AvgIpc) is 2.90. The molecule has 5 heteroatoms. The van der Waals surface area contributed by atoms with Gasteiger partial charge in [0.05, 0.1) is 6.10 Å². The molecule has 4 rings (SSSR count). The van der Waals surface area contributed by atoms with Gasteiger partial charge in [0.2, 0.25) is 5.91 Å². The highest BCUT2D eigenvalue weighted by atomic mass is 19.3. The Balaban J connectivity index is 1.44. The molecule has 0 bridgehead atoms. The summed E-state index contributed by atoms with van der Waals surface area (Å²) >= 11 is 0. The summed E-state index contributed by atoms with van der Waals surface area (Å²) in [5.74, 6) is -2.77. The van der Waals surface area contributed by atoms with E-state index < -0.39 is 17.8 Å². The molecule has 122 valence electrons. The van der Waals surface area contributed by atoms with Crippen molar-refractivity contribution in [2.24, 2.45) is 11.8 Å². The van der Waals surface area contributed by atoms with Crippen LogP contribution in [0.15, 0.2) is 30.9 Å². The van der Waals surface area contributed by atoms with E-state index >= 15 is 0 Å². The Morgan fingerprint density at radius 1 is 1.30 bits per heavy atom. The molecule has 1 heterocycles. The minimum atomic E-state index is -2.46. The molecule has 0 radical (unpaired) electrons. The summed E-state index contributed by atoms with van der Waals surface area (Å²) in [5.41, 5.74) is 2.28. The fourth-order valence-corrected chi connectivity index (χ4v) is 3.98. The van der Waals surface area contributed by atoms with Gasteiger partial charge in [-0.2, -0.15) is 0 Å². The van der Waals surface area contributed by atoms with E-state index in [1.54, 1.807) is 4.90 Å². The number of hydrogen-bond acceptors (Lipinski definition) is 2. The lowest BCUT2D eigenvalue weighted by atomic mass is 9.99. The van der Waals surface area contributed by atoms with E-state index in [1.807, 2.05) is 18.2 Å². The number of fused-ring (bicyclic) bond motifs is 2. The normalized spacial score (nSPS) is 30.3. The quantitative estimate of drug-likeness (QED) is 0.801. The van der Waals surface area contributed by atoms with E-state index in [-0.39, 0.29) is 12.0 Å². The van der Waals surface area contributed by atoms with E-state index in [0.29, 0.717) is 31.7 Å². The van der Waals surface area contributed by atoms with Gasteiger partial charge in [-0.3, -0.25) is 4.79 Å². The molecule has 1 amide bonds. The Bertz CT molecular complexity index is 659. The minimum Gasteiger partial charge on any atom is -0.490 e. The first-order valence-corrected chi connectivity index (χ1v) is 8.06. The van der Waals surface area contributed by atoms with E-state index in [4.69, 9.17) is 4.74 Å². The molecular weight excluding hydrogens is 300 g/mol. The number of benzene rings is 1. The van der Waals surface area contributed by atoms with Crippen LogP contribution in [0.3, 0.4) is 0 Å². The molecule has 1 aliphatic heterocycles. The summed E-state index contributed by atoms with van der Waals surface area (Å²) in [7, 11) is 0. The first kappa shape index (κ1) is 14.7. The lowest BCUT2D eigenvalue weighted by molar-refractivity contribution is -0.126. The van der Waals surface area contributed by atoms with Gasteiger partial charge < -0.3 is 9.64 Å². The molecule has 2 aliphatic carbocycles. The number of halogens is 2. The van der Waals surface area contributed by atoms with Gasteiger partial charge in [0.1, 0.15) is 5.75 Å². The van der Waals surface area contributed by atoms with Gasteiger partial charge in [-0.05, 0) is 48.6 Å². The van der Waals surface area contributed by atoms with Crippen molar-refractivity contribution < 1.29 is 18.3 Å². The maximum absolute atomic E-state index is 13.2. The maximum atomic E-state index is 13.2. The molecule has 1 aromatic carbocycles. The van der Waals surface area contributed by atoms with Gasteiger partial charge in [-0.1, -0.05) is 12.6 Å². The van der Waals surface area contributed by atoms with Crippen LogP contribution in [0.2, 0.25) is 0 Å². The number of nitrogens with zero attached hydrogens (tertiary/aromatic N) is 1. The van der Waals surface area contributed by atoms with Gasteiger partial charge in [0.25, 0.3) is 5.92 Å². The van der Waals surface area contributed by atoms with E-state index in [2.05, 4.69) is 6.58 Å². The fourth-order valence-electron chi connectivity index (χ4n) is 3.98. The lowest BCUT2D eigenvalue weighted by Crippen LogP contribution is -2.34. The second kappa shape index (κ2) is 5.05. The molecule has 1 aromatic rings. The van der Waals surface area contributed by atoms with Gasteiger partial charge in [0, 0.05) is 24.9 Å². The minimum absolute atomic E-state index is 0.0694. The summed E-state index contributed by atoms with van der Waals surface area (Å²) < 4.78 is 32.4. The second-order valence-corrected chi connectivity index (χ2v) is 6.74. The highest BCUT2D eigenvalue weighted by molar-refractivity contribution is 5.87. The zero-order chi connectivity index (χ0) is 16.2. The monoisotopic (exact) mass is 319 g/mol. The van der Waals surface area contributed by atoms with Crippen molar-refractivity contribution in [2.45, 2.75) is 37.8 Å². The molecule has 0 aromatic heterocycles. The first-order chi connectivity index (χ1) is 11.0. The van der Waals surface area contributed by atoms with Crippen LogP contribution in [0.5, 0.6) is 5.75 Å². The van der Waals surface area contributed by atoms with Crippen molar-refractivity contribution >= 4 is 5.91 Å². The predicted molar refractivity (Wildman–Crippen MR) is 81.3 cm³/mol. The standard InChI is InChI=1S/C18H19F2NO2/c1-2-17(22)21-6-5-11-3-4-13(7-12(11)10-21)23-14-8-15-16(9-14)18(15,19)20/h2-4,7,14-16H,1,5-6,8-10H2. The summed E-state index contributed by atoms with van der Waals surface area (Å²) in [6, 6.07) is 5.87. The molecule has 0 saturated heterocycles. The molecule has 3 aliphatic rings. The van der Waals surface area contributed by atoms with Crippen molar-refractivity contribution in [3.8, 4) is 5.75 Å². The highest BCUT2D eigenvalue weighted by Crippen LogP contribution is 2.64. The van der Waals surface area contributed by atoms with Crippen molar-refractivity contribution in [3.63, 3.8) is 0 Å². The van der Waals surface area contributed by atoms with Gasteiger partial charge in [-0.15, -0.1) is 0 Å². The predicted octanol–water partition coefficient (Wildman–Crippen LogP) is 3.18. The Hall–Kier alpha value is -1.91. The molecule has 2 unspecified atom stereocenters. The molecule has 3 nitrogen and oxygen atoms in total. The van der Waals surface area contributed by atoms with Crippen LogP contribution in [0.4, 0.5) is 8.78 Å². The molecule has 2 saturated carbocycles. The van der Waals surface area contributed by atoms with Crippen LogP contribution in [-0.2, 0) is 17.8 Å². The topological polar surface area (TPSA) is 29.5 Å². The smallest absolute Gasteiger partial charge is 0.254 e. The van der Waals surface area contributed by atoms with Gasteiger partial charge in [-0.25, -0.2) is 8.78 Å². The van der Waals surface area contributed by atoms with Crippen LogP contribution < -0.4 is 4.74 Å². The molecule has 2 atom stereocenters. The van der Waals surface area contributed by atoms with E-state index in [1.165, 1.54) is 11.6 Å². The summed E-state index contributed by atoms with van der Waals surface area (Å²) in [5, 5.41) is 0. The maximum Gasteiger partial charge on any atom is 0.254 e. The third-order valence-electron chi connectivity index (χ3n) is 5.38.